The molecule has 8 heteroatoms. The van der Waals surface area contributed by atoms with Crippen LogP contribution >= 0.6 is 0 Å². The molecule has 0 unspecified atom stereocenters. The maximum Gasteiger partial charge on any atom is 1.00 e. The average Bonchev–Trinajstić information content (AvgIpc) is 2.49. The van der Waals surface area contributed by atoms with E-state index in [1.54, 1.807) is 0 Å². The Morgan fingerprint density at radius 2 is 1.74 bits per heavy atom. The van der Waals surface area contributed by atoms with E-state index in [4.69, 9.17) is 5.73 Å². The van der Waals surface area contributed by atoms with Crippen molar-refractivity contribution in [1.82, 2.24) is 16.0 Å². The van der Waals surface area contributed by atoms with Crippen molar-refractivity contribution < 1.29 is 72.6 Å². The predicted molar refractivity (Wildman–Crippen MR) is 84.1 cm³/mol. The minimum atomic E-state index is -0.796. The Hall–Kier alpha value is 0.175. The second-order valence-corrected chi connectivity index (χ2v) is 5.63. The van der Waals surface area contributed by atoms with E-state index in [2.05, 4.69) is 22.9 Å². The van der Waals surface area contributed by atoms with E-state index in [9.17, 15) is 14.4 Å². The van der Waals surface area contributed by atoms with E-state index < -0.39 is 12.1 Å². The van der Waals surface area contributed by atoms with Gasteiger partial charge in [-0.1, -0.05) is 32.6 Å². The van der Waals surface area contributed by atoms with Gasteiger partial charge in [0, 0.05) is 6.54 Å². The second-order valence-electron chi connectivity index (χ2n) is 5.63. The molecule has 23 heavy (non-hydrogen) atoms. The summed E-state index contributed by atoms with van der Waals surface area (Å²) in [6.45, 7) is 2.96. The molecule has 1 saturated heterocycles. The minimum absolute atomic E-state index is 0. The Bertz CT molecular complexity index is 393. The molecule has 0 radical (unpaired) electrons. The third-order valence-electron chi connectivity index (χ3n) is 3.68. The van der Waals surface area contributed by atoms with Gasteiger partial charge in [0.2, 0.25) is 17.7 Å². The van der Waals surface area contributed by atoms with Crippen LogP contribution in [0.3, 0.4) is 0 Å². The van der Waals surface area contributed by atoms with Crippen LogP contribution in [0.2, 0.25) is 0 Å². The van der Waals surface area contributed by atoms with Gasteiger partial charge in [-0.2, -0.15) is 6.54 Å². The normalized spacial score (nSPS) is 20.3. The van der Waals surface area contributed by atoms with Crippen molar-refractivity contribution in [3.05, 3.63) is 5.73 Å². The summed E-state index contributed by atoms with van der Waals surface area (Å²) in [6, 6.07) is -1.37. The molecular formula is C15H27N4O3Rb. The van der Waals surface area contributed by atoms with Crippen LogP contribution in [0, 0.1) is 0 Å². The molecule has 1 aliphatic rings. The molecule has 3 amide bonds. The number of piperazine rings is 1. The van der Waals surface area contributed by atoms with Crippen LogP contribution in [0.15, 0.2) is 0 Å². The van der Waals surface area contributed by atoms with E-state index >= 15 is 0 Å². The maximum absolute atomic E-state index is 11.9. The zero-order valence-corrected chi connectivity index (χ0v) is 19.2. The number of rotatable bonds is 10. The Kier molecular flexibility index (Phi) is 13.6. The smallest absolute Gasteiger partial charge is 0.677 e. The molecular weight excluding hydrogens is 370 g/mol. The minimum Gasteiger partial charge on any atom is -0.677 e. The molecule has 126 valence electrons. The summed E-state index contributed by atoms with van der Waals surface area (Å²) < 4.78 is 0. The first kappa shape index (κ1) is 23.2. The van der Waals surface area contributed by atoms with Crippen molar-refractivity contribution in [2.75, 3.05) is 13.1 Å². The molecule has 0 aliphatic carbocycles. The molecule has 2 atom stereocenters. The summed E-state index contributed by atoms with van der Waals surface area (Å²) >= 11 is 0. The molecule has 1 heterocycles. The molecule has 0 aromatic rings. The van der Waals surface area contributed by atoms with Gasteiger partial charge in [-0.3, -0.25) is 14.4 Å². The average molecular weight is 397 g/mol. The number of hydrogen-bond donors (Lipinski definition) is 3. The molecule has 0 bridgehead atoms. The first-order valence-corrected chi connectivity index (χ1v) is 8.10. The fourth-order valence-corrected chi connectivity index (χ4v) is 2.37. The fourth-order valence-electron chi connectivity index (χ4n) is 2.37. The van der Waals surface area contributed by atoms with Crippen LogP contribution in [0.1, 0.15) is 51.9 Å². The van der Waals surface area contributed by atoms with E-state index in [1.807, 2.05) is 0 Å². The summed E-state index contributed by atoms with van der Waals surface area (Å²) in [4.78, 5) is 35.5. The van der Waals surface area contributed by atoms with Crippen LogP contribution in [-0.2, 0) is 14.4 Å². The van der Waals surface area contributed by atoms with Gasteiger partial charge < -0.3 is 21.7 Å². The third kappa shape index (κ3) is 9.29. The number of nitrogens with one attached hydrogen (secondary N) is 4. The summed E-state index contributed by atoms with van der Waals surface area (Å²) in [7, 11) is 0. The maximum atomic E-state index is 11.9. The first-order chi connectivity index (χ1) is 10.6. The van der Waals surface area contributed by atoms with Gasteiger partial charge in [0.05, 0.1) is 6.42 Å². The number of unbranched alkanes of at least 4 members (excludes halogenated alkanes) is 3. The van der Waals surface area contributed by atoms with Crippen LogP contribution < -0.4 is 74.1 Å². The zero-order chi connectivity index (χ0) is 16.4. The quantitative estimate of drug-likeness (QED) is 0.367. The largest absolute Gasteiger partial charge is 1.00 e. The molecule has 7 nitrogen and oxygen atoms in total. The van der Waals surface area contributed by atoms with Crippen molar-refractivity contribution in [2.45, 2.75) is 64.0 Å². The Labute approximate surface area is 187 Å². The van der Waals surface area contributed by atoms with Gasteiger partial charge in [0.15, 0.2) is 0 Å². The monoisotopic (exact) mass is 396 g/mol. The number of carbonyl (C=O) groups excluding carboxylic acids is 3. The Morgan fingerprint density at radius 3 is 2.39 bits per heavy atom. The molecule has 0 aromatic carbocycles. The van der Waals surface area contributed by atoms with E-state index in [0.717, 1.165) is 25.7 Å². The fraction of sp³-hybridized carbons (Fsp3) is 0.800. The third-order valence-corrected chi connectivity index (χ3v) is 3.68. The van der Waals surface area contributed by atoms with Crippen molar-refractivity contribution in [3.63, 3.8) is 0 Å². The molecule has 1 rings (SSSR count). The first-order valence-electron chi connectivity index (χ1n) is 8.10. The van der Waals surface area contributed by atoms with Crippen LogP contribution in [0.4, 0.5) is 0 Å². The van der Waals surface area contributed by atoms with Crippen molar-refractivity contribution in [3.8, 4) is 0 Å². The van der Waals surface area contributed by atoms with E-state index in [-0.39, 0.29) is 88.9 Å². The number of amides is 3. The van der Waals surface area contributed by atoms with Gasteiger partial charge >= 0.3 is 58.2 Å². The summed E-state index contributed by atoms with van der Waals surface area (Å²) in [5.41, 5.74) is 7.08. The van der Waals surface area contributed by atoms with Crippen LogP contribution in [0.25, 0.3) is 5.73 Å². The Balaban J connectivity index is 0.00000484. The van der Waals surface area contributed by atoms with Gasteiger partial charge in [0.1, 0.15) is 12.1 Å². The van der Waals surface area contributed by atoms with Gasteiger partial charge in [-0.25, -0.2) is 0 Å². The predicted octanol–water partition coefficient (Wildman–Crippen LogP) is -2.11. The summed E-state index contributed by atoms with van der Waals surface area (Å²) in [5, 5.41) is 7.99. The molecule has 0 aromatic heterocycles. The second kappa shape index (κ2) is 13.5. The van der Waals surface area contributed by atoms with Gasteiger partial charge in [0.25, 0.3) is 0 Å². The van der Waals surface area contributed by atoms with Crippen molar-refractivity contribution >= 4 is 17.7 Å². The summed E-state index contributed by atoms with van der Waals surface area (Å²) in [6.07, 6.45) is 5.28. The van der Waals surface area contributed by atoms with Gasteiger partial charge in [-0.15, -0.1) is 0 Å². The Morgan fingerprint density at radius 1 is 1.09 bits per heavy atom. The molecule has 0 saturated carbocycles. The van der Waals surface area contributed by atoms with Crippen LogP contribution in [-0.4, -0.2) is 42.9 Å². The number of carbonyl (C=O) groups is 3. The van der Waals surface area contributed by atoms with Crippen LogP contribution in [0.5, 0.6) is 0 Å². The SMILES string of the molecule is CCCCCCNC(=O)C[C@H]1NC(=O)[C@@H](CCC[NH-])NC1=O.[Rb+]. The van der Waals surface area contributed by atoms with Crippen molar-refractivity contribution in [2.24, 2.45) is 0 Å². The molecule has 1 aliphatic heterocycles. The molecule has 4 N–H and O–H groups in total. The van der Waals surface area contributed by atoms with E-state index in [1.165, 1.54) is 0 Å². The van der Waals surface area contributed by atoms with E-state index in [0.29, 0.717) is 19.4 Å². The number of hydrogen-bond acceptors (Lipinski definition) is 3. The zero-order valence-electron chi connectivity index (χ0n) is 14.2. The standard InChI is InChI=1S/C15H27N4O3.Rb/c1-2-3-4-5-9-17-13(20)10-12-15(22)18-11(7-6-8-16)14(21)19-12;/h11-12,16H,2-10H2,1H3,(H,17,20)(H,18,22)(H,19,21);/q-1;+1/t11-,12-;/m1./s1. The molecule has 1 fully saturated rings. The summed E-state index contributed by atoms with van der Waals surface area (Å²) in [5.74, 6) is -0.814. The van der Waals surface area contributed by atoms with Gasteiger partial charge in [-0.05, 0) is 12.8 Å². The molecule has 0 spiro atoms. The van der Waals surface area contributed by atoms with Crippen molar-refractivity contribution in [1.29, 1.82) is 0 Å². The topological polar surface area (TPSA) is 111 Å².